The van der Waals surface area contributed by atoms with Crippen molar-refractivity contribution in [3.63, 3.8) is 0 Å². The molecule has 0 aliphatic carbocycles. The van der Waals surface area contributed by atoms with E-state index in [-0.39, 0.29) is 0 Å². The summed E-state index contributed by atoms with van der Waals surface area (Å²) in [7, 11) is 0. The first kappa shape index (κ1) is 18.4. The molecule has 4 rings (SSSR count). The second kappa shape index (κ2) is 7.98. The van der Waals surface area contributed by atoms with Gasteiger partial charge in [0.2, 0.25) is 0 Å². The number of hydrogen-bond donors (Lipinski definition) is 2. The van der Waals surface area contributed by atoms with Crippen molar-refractivity contribution in [3.8, 4) is 11.5 Å². The molecule has 0 aliphatic heterocycles. The van der Waals surface area contributed by atoms with Crippen molar-refractivity contribution >= 4 is 11.4 Å². The molecule has 4 aromatic rings. The lowest BCUT2D eigenvalue weighted by Crippen LogP contribution is -2.40. The fraction of sp³-hybridized carbons (Fsp3) is 0.0400. The lowest BCUT2D eigenvalue weighted by Gasteiger charge is -2.35. The number of nitrogens with two attached hydrogens (primary N) is 2. The highest BCUT2D eigenvalue weighted by atomic mass is 16.7. The van der Waals surface area contributed by atoms with Crippen LogP contribution in [0.2, 0.25) is 0 Å². The molecule has 144 valence electrons. The first-order valence-electron chi connectivity index (χ1n) is 9.36. The Balaban J connectivity index is 1.88. The van der Waals surface area contributed by atoms with Crippen LogP contribution < -0.4 is 20.9 Å². The van der Waals surface area contributed by atoms with Crippen LogP contribution in [0.5, 0.6) is 11.5 Å². The van der Waals surface area contributed by atoms with Crippen molar-refractivity contribution in [3.05, 3.63) is 120 Å². The Morgan fingerprint density at radius 3 is 1.14 bits per heavy atom. The summed E-state index contributed by atoms with van der Waals surface area (Å²) in [5.41, 5.74) is 14.8. The SMILES string of the molecule is Nc1ccc(OC(Oc2ccc(N)cc2)(c2ccccc2)c2ccccc2)cc1. The fourth-order valence-electron chi connectivity index (χ4n) is 3.14. The lowest BCUT2D eigenvalue weighted by molar-refractivity contribution is -0.0843. The van der Waals surface area contributed by atoms with Gasteiger partial charge in [-0.2, -0.15) is 0 Å². The second-order valence-electron chi connectivity index (χ2n) is 6.69. The molecule has 0 atom stereocenters. The van der Waals surface area contributed by atoms with Gasteiger partial charge in [0, 0.05) is 22.5 Å². The number of ether oxygens (including phenoxy) is 2. The maximum Gasteiger partial charge on any atom is 0.305 e. The van der Waals surface area contributed by atoms with Gasteiger partial charge in [-0.3, -0.25) is 0 Å². The van der Waals surface area contributed by atoms with E-state index in [9.17, 15) is 0 Å². The van der Waals surface area contributed by atoms with Crippen molar-refractivity contribution in [2.75, 3.05) is 11.5 Å². The summed E-state index contributed by atoms with van der Waals surface area (Å²) in [4.78, 5) is 0. The molecule has 0 heterocycles. The monoisotopic (exact) mass is 382 g/mol. The quantitative estimate of drug-likeness (QED) is 0.355. The first-order chi connectivity index (χ1) is 14.2. The Morgan fingerprint density at radius 1 is 0.448 bits per heavy atom. The molecule has 0 saturated carbocycles. The van der Waals surface area contributed by atoms with Gasteiger partial charge >= 0.3 is 5.79 Å². The van der Waals surface area contributed by atoms with E-state index in [0.29, 0.717) is 22.9 Å². The van der Waals surface area contributed by atoms with Crippen LogP contribution in [0, 0.1) is 0 Å². The van der Waals surface area contributed by atoms with Crippen LogP contribution in [0.15, 0.2) is 109 Å². The van der Waals surface area contributed by atoms with Gasteiger partial charge in [0.1, 0.15) is 11.5 Å². The molecule has 4 nitrogen and oxygen atoms in total. The summed E-state index contributed by atoms with van der Waals surface area (Å²) in [6, 6.07) is 34.3. The van der Waals surface area contributed by atoms with Gasteiger partial charge in [0.15, 0.2) is 0 Å². The fourth-order valence-corrected chi connectivity index (χ4v) is 3.14. The third-order valence-electron chi connectivity index (χ3n) is 4.59. The molecule has 0 spiro atoms. The minimum atomic E-state index is -1.20. The molecule has 4 N–H and O–H groups in total. The maximum atomic E-state index is 6.55. The van der Waals surface area contributed by atoms with Crippen molar-refractivity contribution in [2.24, 2.45) is 0 Å². The first-order valence-corrected chi connectivity index (χ1v) is 9.36. The van der Waals surface area contributed by atoms with E-state index in [1.54, 1.807) is 24.3 Å². The zero-order valence-electron chi connectivity index (χ0n) is 15.9. The van der Waals surface area contributed by atoms with Crippen molar-refractivity contribution in [1.82, 2.24) is 0 Å². The third kappa shape index (κ3) is 4.01. The minimum absolute atomic E-state index is 0.641. The van der Waals surface area contributed by atoms with E-state index in [0.717, 1.165) is 11.1 Å². The Morgan fingerprint density at radius 2 is 0.793 bits per heavy atom. The molecule has 0 radical (unpaired) electrons. The van der Waals surface area contributed by atoms with E-state index in [1.165, 1.54) is 0 Å². The summed E-state index contributed by atoms with van der Waals surface area (Å²) in [6.45, 7) is 0. The van der Waals surface area contributed by atoms with Gasteiger partial charge in [-0.15, -0.1) is 0 Å². The van der Waals surface area contributed by atoms with Gasteiger partial charge in [0.05, 0.1) is 0 Å². The molecule has 4 heteroatoms. The molecule has 4 aromatic carbocycles. The highest BCUT2D eigenvalue weighted by Gasteiger charge is 2.40. The van der Waals surface area contributed by atoms with Crippen LogP contribution in [0.1, 0.15) is 11.1 Å². The molecule has 0 unspecified atom stereocenters. The maximum absolute atomic E-state index is 6.55. The minimum Gasteiger partial charge on any atom is -0.444 e. The highest BCUT2D eigenvalue weighted by Crippen LogP contribution is 2.38. The number of anilines is 2. The lowest BCUT2D eigenvalue weighted by atomic mass is 9.96. The Kier molecular flexibility index (Phi) is 5.08. The smallest absolute Gasteiger partial charge is 0.305 e. The topological polar surface area (TPSA) is 70.5 Å². The van der Waals surface area contributed by atoms with Crippen molar-refractivity contribution in [1.29, 1.82) is 0 Å². The predicted octanol–water partition coefficient (Wildman–Crippen LogP) is 5.21. The number of rotatable bonds is 6. The highest BCUT2D eigenvalue weighted by molar-refractivity contribution is 5.45. The summed E-state index contributed by atoms with van der Waals surface area (Å²) in [5, 5.41) is 0. The van der Waals surface area contributed by atoms with E-state index in [2.05, 4.69) is 0 Å². The average Bonchev–Trinajstić information content (AvgIpc) is 2.77. The van der Waals surface area contributed by atoms with Gasteiger partial charge in [-0.1, -0.05) is 60.7 Å². The molecular formula is C25H22N2O2. The summed E-state index contributed by atoms with van der Waals surface area (Å²) >= 11 is 0. The molecule has 0 amide bonds. The Labute approximate surface area is 170 Å². The van der Waals surface area contributed by atoms with Crippen LogP contribution in [-0.2, 0) is 5.79 Å². The van der Waals surface area contributed by atoms with E-state index in [1.807, 2.05) is 84.9 Å². The molecule has 0 bridgehead atoms. The zero-order chi connectivity index (χ0) is 20.1. The van der Waals surface area contributed by atoms with E-state index in [4.69, 9.17) is 20.9 Å². The number of hydrogen-bond acceptors (Lipinski definition) is 4. The standard InChI is InChI=1S/C25H22N2O2/c26-21-11-15-23(16-12-21)28-25(19-7-3-1-4-8-19,20-9-5-2-6-10-20)29-24-17-13-22(27)14-18-24/h1-18H,26-27H2. The van der Waals surface area contributed by atoms with Crippen LogP contribution in [0.25, 0.3) is 0 Å². The summed E-state index contributed by atoms with van der Waals surface area (Å²) in [5.74, 6) is 0.0825. The Hall–Kier alpha value is -3.92. The summed E-state index contributed by atoms with van der Waals surface area (Å²) in [6.07, 6.45) is 0. The third-order valence-corrected chi connectivity index (χ3v) is 4.59. The molecule has 0 aliphatic rings. The van der Waals surface area contributed by atoms with Gasteiger partial charge < -0.3 is 20.9 Å². The number of nitrogen functional groups attached to an aromatic ring is 2. The van der Waals surface area contributed by atoms with Crippen LogP contribution in [0.3, 0.4) is 0 Å². The average molecular weight is 382 g/mol. The zero-order valence-corrected chi connectivity index (χ0v) is 15.9. The van der Waals surface area contributed by atoms with Crippen LogP contribution in [-0.4, -0.2) is 0 Å². The summed E-state index contributed by atoms with van der Waals surface area (Å²) < 4.78 is 13.1. The normalized spacial score (nSPS) is 11.0. The second-order valence-corrected chi connectivity index (χ2v) is 6.69. The van der Waals surface area contributed by atoms with Gasteiger partial charge in [-0.05, 0) is 48.5 Å². The largest absolute Gasteiger partial charge is 0.444 e. The molecule has 0 aromatic heterocycles. The molecule has 0 fully saturated rings. The van der Waals surface area contributed by atoms with E-state index < -0.39 is 5.79 Å². The van der Waals surface area contributed by atoms with Crippen LogP contribution >= 0.6 is 0 Å². The molecule has 0 saturated heterocycles. The van der Waals surface area contributed by atoms with Crippen LogP contribution in [0.4, 0.5) is 11.4 Å². The van der Waals surface area contributed by atoms with E-state index >= 15 is 0 Å². The van der Waals surface area contributed by atoms with Gasteiger partial charge in [0.25, 0.3) is 0 Å². The Bertz CT molecular complexity index is 958. The number of benzene rings is 4. The molecule has 29 heavy (non-hydrogen) atoms. The molecular weight excluding hydrogens is 360 g/mol. The van der Waals surface area contributed by atoms with Gasteiger partial charge in [-0.25, -0.2) is 0 Å². The predicted molar refractivity (Wildman–Crippen MR) is 117 cm³/mol. The van der Waals surface area contributed by atoms with Crippen molar-refractivity contribution in [2.45, 2.75) is 5.79 Å². The van der Waals surface area contributed by atoms with Crippen molar-refractivity contribution < 1.29 is 9.47 Å².